The number of carbonyl (C=O) groups excluding carboxylic acids is 1. The number of aryl methyl sites for hydroxylation is 1. The van der Waals surface area contributed by atoms with E-state index in [0.29, 0.717) is 15.9 Å². The van der Waals surface area contributed by atoms with Crippen molar-refractivity contribution in [2.75, 3.05) is 11.9 Å². The van der Waals surface area contributed by atoms with E-state index >= 15 is 0 Å². The fourth-order valence-corrected chi connectivity index (χ4v) is 3.50. The second kappa shape index (κ2) is 8.70. The summed E-state index contributed by atoms with van der Waals surface area (Å²) in [6.45, 7) is 2.15. The Morgan fingerprint density at radius 2 is 1.83 bits per heavy atom. The van der Waals surface area contributed by atoms with E-state index in [1.165, 1.54) is 11.3 Å². The molecule has 1 amide bonds. The van der Waals surface area contributed by atoms with Gasteiger partial charge in [0.25, 0.3) is 5.91 Å². The molecule has 4 aromatic rings. The zero-order valence-electron chi connectivity index (χ0n) is 15.8. The molecule has 0 aliphatic heterocycles. The quantitative estimate of drug-likeness (QED) is 0.487. The SMILES string of the molecule is Cc1cccc(OCC(=O)Nc2nnc(COc3cccc4ccccc34)s2)c1. The van der Waals surface area contributed by atoms with Gasteiger partial charge in [0, 0.05) is 5.39 Å². The van der Waals surface area contributed by atoms with Gasteiger partial charge in [-0.15, -0.1) is 10.2 Å². The standard InChI is InChI=1S/C22H19N3O3S/c1-15-6-4-9-17(12-15)27-13-20(26)23-22-25-24-21(29-22)14-28-19-11-5-8-16-7-2-3-10-18(16)19/h2-12H,13-14H2,1H3,(H,23,25,26). The summed E-state index contributed by atoms with van der Waals surface area (Å²) in [7, 11) is 0. The van der Waals surface area contributed by atoms with Gasteiger partial charge in [0.1, 0.15) is 18.1 Å². The highest BCUT2D eigenvalue weighted by atomic mass is 32.1. The van der Waals surface area contributed by atoms with Gasteiger partial charge in [-0.3, -0.25) is 10.1 Å². The number of nitrogens with zero attached hydrogens (tertiary/aromatic N) is 2. The molecule has 0 aliphatic carbocycles. The number of fused-ring (bicyclic) bond motifs is 1. The molecular formula is C22H19N3O3S. The largest absolute Gasteiger partial charge is 0.486 e. The van der Waals surface area contributed by atoms with Crippen LogP contribution in [0.25, 0.3) is 10.8 Å². The van der Waals surface area contributed by atoms with E-state index in [4.69, 9.17) is 9.47 Å². The van der Waals surface area contributed by atoms with Crippen LogP contribution in [0.1, 0.15) is 10.6 Å². The van der Waals surface area contributed by atoms with Crippen molar-refractivity contribution >= 4 is 33.1 Å². The number of amides is 1. The third-order valence-electron chi connectivity index (χ3n) is 4.17. The first-order valence-electron chi connectivity index (χ1n) is 9.10. The van der Waals surface area contributed by atoms with Crippen LogP contribution < -0.4 is 14.8 Å². The number of anilines is 1. The number of benzene rings is 3. The molecule has 0 unspecified atom stereocenters. The van der Waals surface area contributed by atoms with Crippen LogP contribution in [0, 0.1) is 6.92 Å². The summed E-state index contributed by atoms with van der Waals surface area (Å²) in [4.78, 5) is 12.1. The average molecular weight is 405 g/mol. The second-order valence-corrected chi connectivity index (χ2v) is 7.48. The maximum atomic E-state index is 12.1. The molecular weight excluding hydrogens is 386 g/mol. The minimum Gasteiger partial charge on any atom is -0.486 e. The number of hydrogen-bond acceptors (Lipinski definition) is 6. The number of aromatic nitrogens is 2. The first-order chi connectivity index (χ1) is 14.2. The Hall–Kier alpha value is -3.45. The van der Waals surface area contributed by atoms with Crippen LogP contribution >= 0.6 is 11.3 Å². The predicted octanol–water partition coefficient (Wildman–Crippen LogP) is 4.60. The lowest BCUT2D eigenvalue weighted by molar-refractivity contribution is -0.118. The summed E-state index contributed by atoms with van der Waals surface area (Å²) in [5.74, 6) is 1.15. The van der Waals surface area contributed by atoms with Crippen LogP contribution in [-0.2, 0) is 11.4 Å². The summed E-state index contributed by atoms with van der Waals surface area (Å²) < 4.78 is 11.4. The third kappa shape index (κ3) is 4.89. The molecule has 0 saturated carbocycles. The lowest BCUT2D eigenvalue weighted by Gasteiger charge is -2.07. The Labute approximate surface area is 172 Å². The number of carbonyl (C=O) groups is 1. The normalized spacial score (nSPS) is 10.7. The van der Waals surface area contributed by atoms with E-state index in [1.54, 1.807) is 0 Å². The van der Waals surface area contributed by atoms with Crippen molar-refractivity contribution in [3.63, 3.8) is 0 Å². The van der Waals surface area contributed by atoms with Gasteiger partial charge in [0.15, 0.2) is 11.6 Å². The Morgan fingerprint density at radius 1 is 1.00 bits per heavy atom. The Morgan fingerprint density at radius 3 is 2.72 bits per heavy atom. The summed E-state index contributed by atoms with van der Waals surface area (Å²) >= 11 is 1.28. The zero-order chi connectivity index (χ0) is 20.1. The first kappa shape index (κ1) is 18.9. The van der Waals surface area contributed by atoms with Gasteiger partial charge in [-0.05, 0) is 36.1 Å². The van der Waals surface area contributed by atoms with Crippen molar-refractivity contribution in [1.82, 2.24) is 10.2 Å². The van der Waals surface area contributed by atoms with Crippen LogP contribution in [0.3, 0.4) is 0 Å². The number of rotatable bonds is 7. The first-order valence-corrected chi connectivity index (χ1v) is 9.91. The van der Waals surface area contributed by atoms with Crippen LogP contribution in [0.2, 0.25) is 0 Å². The molecule has 6 nitrogen and oxygen atoms in total. The van der Waals surface area contributed by atoms with E-state index < -0.39 is 0 Å². The van der Waals surface area contributed by atoms with Gasteiger partial charge < -0.3 is 9.47 Å². The summed E-state index contributed by atoms with van der Waals surface area (Å²) in [5, 5.41) is 14.0. The highest BCUT2D eigenvalue weighted by Crippen LogP contribution is 2.26. The molecule has 0 spiro atoms. The third-order valence-corrected chi connectivity index (χ3v) is 4.99. The zero-order valence-corrected chi connectivity index (χ0v) is 16.6. The average Bonchev–Trinajstić information content (AvgIpc) is 3.18. The molecule has 0 radical (unpaired) electrons. The topological polar surface area (TPSA) is 73.3 Å². The lowest BCUT2D eigenvalue weighted by atomic mass is 10.1. The highest BCUT2D eigenvalue weighted by Gasteiger charge is 2.10. The van der Waals surface area contributed by atoms with E-state index in [1.807, 2.05) is 73.7 Å². The number of ether oxygens (including phenoxy) is 2. The molecule has 1 heterocycles. The fourth-order valence-electron chi connectivity index (χ4n) is 2.83. The Bertz CT molecular complexity index is 1140. The van der Waals surface area contributed by atoms with Gasteiger partial charge in [-0.1, -0.05) is 59.9 Å². The van der Waals surface area contributed by atoms with E-state index in [0.717, 1.165) is 22.1 Å². The molecule has 7 heteroatoms. The molecule has 0 saturated heterocycles. The van der Waals surface area contributed by atoms with Gasteiger partial charge in [0.05, 0.1) is 0 Å². The maximum absolute atomic E-state index is 12.1. The van der Waals surface area contributed by atoms with Crippen LogP contribution in [-0.4, -0.2) is 22.7 Å². The minimum absolute atomic E-state index is 0.0924. The van der Waals surface area contributed by atoms with E-state index in [9.17, 15) is 4.79 Å². The molecule has 0 fully saturated rings. The Kier molecular flexibility index (Phi) is 5.67. The molecule has 3 aromatic carbocycles. The summed E-state index contributed by atoms with van der Waals surface area (Å²) in [5.41, 5.74) is 1.07. The summed E-state index contributed by atoms with van der Waals surface area (Å²) in [6, 6.07) is 21.5. The van der Waals surface area contributed by atoms with Crippen molar-refractivity contribution < 1.29 is 14.3 Å². The minimum atomic E-state index is -0.288. The maximum Gasteiger partial charge on any atom is 0.264 e. The second-order valence-electron chi connectivity index (χ2n) is 6.42. The van der Waals surface area contributed by atoms with Crippen molar-refractivity contribution in [2.24, 2.45) is 0 Å². The van der Waals surface area contributed by atoms with Gasteiger partial charge in [-0.2, -0.15) is 0 Å². The molecule has 146 valence electrons. The predicted molar refractivity (Wildman–Crippen MR) is 113 cm³/mol. The van der Waals surface area contributed by atoms with Crippen molar-refractivity contribution in [3.05, 3.63) is 77.3 Å². The number of nitrogens with one attached hydrogen (secondary N) is 1. The van der Waals surface area contributed by atoms with Gasteiger partial charge >= 0.3 is 0 Å². The molecule has 1 aromatic heterocycles. The lowest BCUT2D eigenvalue weighted by Crippen LogP contribution is -2.20. The molecule has 0 atom stereocenters. The molecule has 4 rings (SSSR count). The van der Waals surface area contributed by atoms with Crippen LogP contribution in [0.4, 0.5) is 5.13 Å². The fraction of sp³-hybridized carbons (Fsp3) is 0.136. The highest BCUT2D eigenvalue weighted by molar-refractivity contribution is 7.15. The monoisotopic (exact) mass is 405 g/mol. The molecule has 0 aliphatic rings. The summed E-state index contributed by atoms with van der Waals surface area (Å²) in [6.07, 6.45) is 0. The molecule has 29 heavy (non-hydrogen) atoms. The van der Waals surface area contributed by atoms with Crippen molar-refractivity contribution in [2.45, 2.75) is 13.5 Å². The smallest absolute Gasteiger partial charge is 0.264 e. The van der Waals surface area contributed by atoms with Gasteiger partial charge in [0.2, 0.25) is 5.13 Å². The van der Waals surface area contributed by atoms with E-state index in [-0.39, 0.29) is 19.1 Å². The van der Waals surface area contributed by atoms with Crippen molar-refractivity contribution in [1.29, 1.82) is 0 Å². The van der Waals surface area contributed by atoms with Crippen LogP contribution in [0.5, 0.6) is 11.5 Å². The number of hydrogen-bond donors (Lipinski definition) is 1. The van der Waals surface area contributed by atoms with Crippen molar-refractivity contribution in [3.8, 4) is 11.5 Å². The molecule has 1 N–H and O–H groups in total. The Balaban J connectivity index is 1.32. The van der Waals surface area contributed by atoms with Gasteiger partial charge in [-0.25, -0.2) is 0 Å². The van der Waals surface area contributed by atoms with E-state index in [2.05, 4.69) is 15.5 Å². The molecule has 0 bridgehead atoms. The van der Waals surface area contributed by atoms with Crippen LogP contribution in [0.15, 0.2) is 66.7 Å².